The molecule has 0 spiro atoms. The average Bonchev–Trinajstić information content (AvgIpc) is 2.53. The zero-order chi connectivity index (χ0) is 9.03. The first kappa shape index (κ1) is 9.57. The summed E-state index contributed by atoms with van der Waals surface area (Å²) >= 11 is 0. The van der Waals surface area contributed by atoms with Crippen LogP contribution in [-0.2, 0) is 0 Å². The van der Waals surface area contributed by atoms with Gasteiger partial charge in [-0.25, -0.2) is 0 Å². The first-order chi connectivity index (χ1) is 5.64. The van der Waals surface area contributed by atoms with E-state index in [1.54, 1.807) is 0 Å². The Labute approximate surface area is 75.1 Å². The standard InChI is InChI=1S/C10H18N2/c1-4-10(2,3)12-8-9-6-5-7-11-9/h1,9,11-12H,5-8H2,2-3H3. The number of nitrogens with one attached hydrogen (secondary N) is 2. The molecule has 0 radical (unpaired) electrons. The molecular formula is C10H18N2. The van der Waals surface area contributed by atoms with Gasteiger partial charge in [0.1, 0.15) is 0 Å². The normalized spacial score (nSPS) is 23.9. The zero-order valence-electron chi connectivity index (χ0n) is 7.98. The highest BCUT2D eigenvalue weighted by Crippen LogP contribution is 2.05. The molecular weight excluding hydrogens is 148 g/mol. The average molecular weight is 166 g/mol. The van der Waals surface area contributed by atoms with Gasteiger partial charge in [-0.1, -0.05) is 5.92 Å². The molecule has 1 atom stereocenters. The predicted molar refractivity (Wildman–Crippen MR) is 51.9 cm³/mol. The Hall–Kier alpha value is -0.520. The summed E-state index contributed by atoms with van der Waals surface area (Å²) in [6, 6.07) is 0.623. The smallest absolute Gasteiger partial charge is 0.0741 e. The quantitative estimate of drug-likeness (QED) is 0.604. The van der Waals surface area contributed by atoms with E-state index in [-0.39, 0.29) is 5.54 Å². The van der Waals surface area contributed by atoms with E-state index in [0.29, 0.717) is 6.04 Å². The molecule has 2 heteroatoms. The first-order valence-corrected chi connectivity index (χ1v) is 4.60. The Morgan fingerprint density at radius 3 is 2.92 bits per heavy atom. The van der Waals surface area contributed by atoms with Crippen LogP contribution in [0, 0.1) is 12.3 Å². The van der Waals surface area contributed by atoms with E-state index >= 15 is 0 Å². The molecule has 1 unspecified atom stereocenters. The third-order valence-electron chi connectivity index (χ3n) is 2.31. The van der Waals surface area contributed by atoms with Crippen molar-refractivity contribution in [3.8, 4) is 12.3 Å². The summed E-state index contributed by atoms with van der Waals surface area (Å²) in [6.07, 6.45) is 7.92. The van der Waals surface area contributed by atoms with Gasteiger partial charge in [-0.15, -0.1) is 6.42 Å². The summed E-state index contributed by atoms with van der Waals surface area (Å²) in [6.45, 7) is 6.20. The molecule has 2 N–H and O–H groups in total. The van der Waals surface area contributed by atoms with Crippen LogP contribution in [0.2, 0.25) is 0 Å². The minimum Gasteiger partial charge on any atom is -0.313 e. The molecule has 1 aliphatic rings. The van der Waals surface area contributed by atoms with Gasteiger partial charge >= 0.3 is 0 Å². The summed E-state index contributed by atoms with van der Waals surface area (Å²) < 4.78 is 0. The van der Waals surface area contributed by atoms with Crippen LogP contribution in [0.4, 0.5) is 0 Å². The van der Waals surface area contributed by atoms with Gasteiger partial charge in [0.25, 0.3) is 0 Å². The predicted octanol–water partition coefficient (Wildman–Crippen LogP) is 0.740. The van der Waals surface area contributed by atoms with Crippen LogP contribution >= 0.6 is 0 Å². The van der Waals surface area contributed by atoms with Gasteiger partial charge in [0.15, 0.2) is 0 Å². The molecule has 0 aromatic rings. The van der Waals surface area contributed by atoms with Crippen molar-refractivity contribution in [2.45, 2.75) is 38.3 Å². The SMILES string of the molecule is C#CC(C)(C)NCC1CCCN1. The van der Waals surface area contributed by atoms with Crippen LogP contribution in [0.25, 0.3) is 0 Å². The lowest BCUT2D eigenvalue weighted by molar-refractivity contribution is 0.442. The van der Waals surface area contributed by atoms with Crippen molar-refractivity contribution in [2.24, 2.45) is 0 Å². The van der Waals surface area contributed by atoms with Gasteiger partial charge in [-0.3, -0.25) is 0 Å². The number of terminal acetylenes is 1. The largest absolute Gasteiger partial charge is 0.313 e. The maximum atomic E-state index is 5.36. The van der Waals surface area contributed by atoms with Gasteiger partial charge in [-0.2, -0.15) is 0 Å². The van der Waals surface area contributed by atoms with Crippen molar-refractivity contribution in [3.05, 3.63) is 0 Å². The minimum atomic E-state index is -0.162. The van der Waals surface area contributed by atoms with Gasteiger partial charge in [0.05, 0.1) is 5.54 Å². The molecule has 1 fully saturated rings. The molecule has 0 bridgehead atoms. The summed E-state index contributed by atoms with van der Waals surface area (Å²) in [5, 5.41) is 6.77. The highest BCUT2D eigenvalue weighted by Gasteiger charge is 2.18. The van der Waals surface area contributed by atoms with E-state index in [9.17, 15) is 0 Å². The lowest BCUT2D eigenvalue weighted by atomic mass is 10.1. The monoisotopic (exact) mass is 166 g/mol. The third-order valence-corrected chi connectivity index (χ3v) is 2.31. The molecule has 0 aliphatic carbocycles. The Kier molecular flexibility index (Phi) is 3.13. The van der Waals surface area contributed by atoms with E-state index in [2.05, 4.69) is 16.6 Å². The van der Waals surface area contributed by atoms with Crippen molar-refractivity contribution < 1.29 is 0 Å². The fourth-order valence-corrected chi connectivity index (χ4v) is 1.36. The van der Waals surface area contributed by atoms with Crippen molar-refractivity contribution in [1.29, 1.82) is 0 Å². The second kappa shape index (κ2) is 3.93. The van der Waals surface area contributed by atoms with Crippen molar-refractivity contribution in [2.75, 3.05) is 13.1 Å². The summed E-state index contributed by atoms with van der Waals surface area (Å²) in [7, 11) is 0. The molecule has 1 rings (SSSR count). The molecule has 0 aromatic carbocycles. The van der Waals surface area contributed by atoms with Gasteiger partial charge in [-0.05, 0) is 33.2 Å². The summed E-state index contributed by atoms with van der Waals surface area (Å²) in [5.74, 6) is 2.73. The van der Waals surface area contributed by atoms with Crippen LogP contribution in [0.15, 0.2) is 0 Å². The Morgan fingerprint density at radius 1 is 1.67 bits per heavy atom. The van der Waals surface area contributed by atoms with E-state index < -0.39 is 0 Å². The number of hydrogen-bond acceptors (Lipinski definition) is 2. The highest BCUT2D eigenvalue weighted by atomic mass is 15.0. The zero-order valence-corrected chi connectivity index (χ0v) is 7.98. The second-order valence-electron chi connectivity index (χ2n) is 3.94. The number of rotatable bonds is 3. The summed E-state index contributed by atoms with van der Waals surface area (Å²) in [4.78, 5) is 0. The molecule has 12 heavy (non-hydrogen) atoms. The van der Waals surface area contributed by atoms with E-state index in [0.717, 1.165) is 13.1 Å². The van der Waals surface area contributed by atoms with Crippen LogP contribution in [0.1, 0.15) is 26.7 Å². The van der Waals surface area contributed by atoms with Crippen LogP contribution in [0.5, 0.6) is 0 Å². The molecule has 68 valence electrons. The van der Waals surface area contributed by atoms with Crippen LogP contribution < -0.4 is 10.6 Å². The molecule has 2 nitrogen and oxygen atoms in total. The van der Waals surface area contributed by atoms with Crippen molar-refractivity contribution in [3.63, 3.8) is 0 Å². The maximum Gasteiger partial charge on any atom is 0.0741 e. The topological polar surface area (TPSA) is 24.1 Å². The van der Waals surface area contributed by atoms with Crippen molar-refractivity contribution >= 4 is 0 Å². The maximum absolute atomic E-state index is 5.36. The minimum absolute atomic E-state index is 0.162. The van der Waals surface area contributed by atoms with E-state index in [4.69, 9.17) is 6.42 Å². The highest BCUT2D eigenvalue weighted by molar-refractivity contribution is 5.07. The third kappa shape index (κ3) is 2.84. The molecule has 0 amide bonds. The van der Waals surface area contributed by atoms with Gasteiger partial charge < -0.3 is 10.6 Å². The molecule has 1 heterocycles. The second-order valence-corrected chi connectivity index (χ2v) is 3.94. The number of hydrogen-bond donors (Lipinski definition) is 2. The molecule has 0 saturated carbocycles. The Balaban J connectivity index is 2.21. The van der Waals surface area contributed by atoms with Crippen LogP contribution in [0.3, 0.4) is 0 Å². The van der Waals surface area contributed by atoms with E-state index in [1.807, 2.05) is 13.8 Å². The van der Waals surface area contributed by atoms with Gasteiger partial charge in [0.2, 0.25) is 0 Å². The lowest BCUT2D eigenvalue weighted by Gasteiger charge is -2.22. The fourth-order valence-electron chi connectivity index (χ4n) is 1.36. The fraction of sp³-hybridized carbons (Fsp3) is 0.800. The Morgan fingerprint density at radius 2 is 2.42 bits per heavy atom. The molecule has 1 aliphatic heterocycles. The molecule has 0 aromatic heterocycles. The van der Waals surface area contributed by atoms with Gasteiger partial charge in [0, 0.05) is 12.6 Å². The van der Waals surface area contributed by atoms with Crippen molar-refractivity contribution in [1.82, 2.24) is 10.6 Å². The van der Waals surface area contributed by atoms with E-state index in [1.165, 1.54) is 12.8 Å². The van der Waals surface area contributed by atoms with Crippen LogP contribution in [-0.4, -0.2) is 24.7 Å². The Bertz CT molecular complexity index is 173. The first-order valence-electron chi connectivity index (χ1n) is 4.60. The summed E-state index contributed by atoms with van der Waals surface area (Å²) in [5.41, 5.74) is -0.162. The lowest BCUT2D eigenvalue weighted by Crippen LogP contribution is -2.44. The molecule has 1 saturated heterocycles.